The van der Waals surface area contributed by atoms with E-state index < -0.39 is 20.8 Å². The summed E-state index contributed by atoms with van der Waals surface area (Å²) < 4.78 is 0. The quantitative estimate of drug-likeness (QED) is 0.245. The van der Waals surface area contributed by atoms with Crippen LogP contribution in [0.5, 0.6) is 0 Å². The molecule has 0 N–H and O–H groups in total. The molecule has 10 atom stereocenters. The van der Waals surface area contributed by atoms with Gasteiger partial charge in [-0.25, -0.2) is 0 Å². The SMILES string of the molecule is CC(C)(C)C1=CC2C(C=C1)C1C=CC(C(C)(C)C)=CC1C2C1(C)C2CCCCC2C2CC(C34CC5CC(CC(C5)C3)C4)CC21.[CH3-].[CH3-].[Cl][Zr+2][Cl]. The van der Waals surface area contributed by atoms with Gasteiger partial charge in [0.05, 0.1) is 0 Å². The summed E-state index contributed by atoms with van der Waals surface area (Å²) in [6.45, 7) is 17.7. The van der Waals surface area contributed by atoms with Crippen molar-refractivity contribution in [3.63, 3.8) is 0 Å². The van der Waals surface area contributed by atoms with Crippen molar-refractivity contribution in [2.75, 3.05) is 0 Å². The summed E-state index contributed by atoms with van der Waals surface area (Å²) in [7, 11) is 9.87. The van der Waals surface area contributed by atoms with E-state index >= 15 is 0 Å². The monoisotopic (exact) mass is 782 g/mol. The molecule has 3 heteroatoms. The molecular weight excluding hydrogens is 715 g/mol. The van der Waals surface area contributed by atoms with Gasteiger partial charge in [-0.15, -0.1) is 0 Å². The maximum atomic E-state index is 4.93. The van der Waals surface area contributed by atoms with Crippen LogP contribution in [0, 0.1) is 113 Å². The summed E-state index contributed by atoms with van der Waals surface area (Å²) >= 11 is -0.826. The third kappa shape index (κ3) is 6.33. The van der Waals surface area contributed by atoms with Crippen LogP contribution in [0.25, 0.3) is 0 Å². The van der Waals surface area contributed by atoms with Crippen LogP contribution >= 0.6 is 17.0 Å². The molecule has 0 spiro atoms. The zero-order valence-electron chi connectivity index (χ0n) is 32.7. The first-order chi connectivity index (χ1) is 22.3. The summed E-state index contributed by atoms with van der Waals surface area (Å²) in [5, 5.41) is 0. The molecule has 0 aromatic rings. The van der Waals surface area contributed by atoms with Crippen LogP contribution in [0.3, 0.4) is 0 Å². The number of fused-ring (bicyclic) bond motifs is 6. The van der Waals surface area contributed by atoms with Gasteiger partial charge in [0.1, 0.15) is 0 Å². The summed E-state index contributed by atoms with van der Waals surface area (Å²) in [6, 6.07) is 0. The third-order valence-corrected chi connectivity index (χ3v) is 16.9. The average molecular weight is 785 g/mol. The average Bonchev–Trinajstić information content (AvgIpc) is 3.66. The molecule has 272 valence electrons. The van der Waals surface area contributed by atoms with Gasteiger partial charge in [-0.1, -0.05) is 97.8 Å². The topological polar surface area (TPSA) is 0 Å². The second-order valence-corrected chi connectivity index (χ2v) is 24.7. The first kappa shape index (κ1) is 39.1. The van der Waals surface area contributed by atoms with E-state index in [1.165, 1.54) is 19.3 Å². The minimum atomic E-state index is -0.826. The molecule has 0 saturated heterocycles. The van der Waals surface area contributed by atoms with Gasteiger partial charge >= 0.3 is 37.9 Å². The molecule has 49 heavy (non-hydrogen) atoms. The molecule has 10 aliphatic rings. The number of halogens is 2. The first-order valence-electron chi connectivity index (χ1n) is 20.0. The van der Waals surface area contributed by atoms with E-state index in [0.29, 0.717) is 29.1 Å². The Labute approximate surface area is 322 Å². The number of hydrogen-bond acceptors (Lipinski definition) is 0. The first-order valence-corrected chi connectivity index (χ1v) is 26.4. The van der Waals surface area contributed by atoms with E-state index in [2.05, 4.69) is 84.9 Å². The van der Waals surface area contributed by atoms with Gasteiger partial charge in [0.15, 0.2) is 0 Å². The number of allylic oxidation sites excluding steroid dienone is 8. The van der Waals surface area contributed by atoms with Gasteiger partial charge in [-0.2, -0.15) is 0 Å². The van der Waals surface area contributed by atoms with E-state index in [1.807, 2.05) is 0 Å². The summed E-state index contributed by atoms with van der Waals surface area (Å²) in [5.41, 5.74) is 4.90. The molecule has 0 nitrogen and oxygen atoms in total. The van der Waals surface area contributed by atoms with Crippen molar-refractivity contribution in [2.24, 2.45) is 98.6 Å². The van der Waals surface area contributed by atoms with Crippen molar-refractivity contribution < 1.29 is 20.8 Å². The van der Waals surface area contributed by atoms with Crippen molar-refractivity contribution in [2.45, 2.75) is 126 Å². The van der Waals surface area contributed by atoms with Crippen LogP contribution in [0.2, 0.25) is 0 Å². The van der Waals surface area contributed by atoms with Gasteiger partial charge < -0.3 is 14.9 Å². The summed E-state index contributed by atoms with van der Waals surface area (Å²) in [6.07, 6.45) is 35.2. The Morgan fingerprint density at radius 1 is 0.633 bits per heavy atom. The molecule has 8 saturated carbocycles. The molecule has 0 aromatic carbocycles. The number of hydrogen-bond donors (Lipinski definition) is 0. The van der Waals surface area contributed by atoms with E-state index in [-0.39, 0.29) is 25.7 Å². The summed E-state index contributed by atoms with van der Waals surface area (Å²) in [5.74, 6) is 11.9. The Kier molecular flexibility index (Phi) is 11.1. The fourth-order valence-corrected chi connectivity index (χ4v) is 15.6. The molecule has 10 aliphatic carbocycles. The molecule has 4 bridgehead atoms. The van der Waals surface area contributed by atoms with Crippen LogP contribution in [-0.2, 0) is 20.8 Å². The summed E-state index contributed by atoms with van der Waals surface area (Å²) in [4.78, 5) is 0. The van der Waals surface area contributed by atoms with Crippen molar-refractivity contribution in [1.29, 1.82) is 0 Å². The standard InChI is InChI=1S/C44H64.2CH3.2ClH.Zr/c1-41(2,3)29-12-14-32-33-15-13-30(42(4,5)6)20-37(33)40(36(32)19-29)43(7)38-11-9-8-10-34(38)35-21-31(22-39(35)43)44-23-26-16-27(24-44)18-28(17-26)25-44;;;;;/h12-15,19-20,26-28,31-40H,8-11,16-18,21-25H2,1-7H3;2*1H3;2*1H;/q;2*-1;;;+4/p-2. The Morgan fingerprint density at radius 3 is 1.57 bits per heavy atom. The molecule has 0 amide bonds. The third-order valence-electron chi connectivity index (χ3n) is 16.9. The molecule has 0 aliphatic heterocycles. The molecule has 10 rings (SSSR count). The van der Waals surface area contributed by atoms with Gasteiger partial charge in [0.25, 0.3) is 0 Å². The van der Waals surface area contributed by atoms with Crippen LogP contribution in [0.15, 0.2) is 47.6 Å². The van der Waals surface area contributed by atoms with E-state index in [9.17, 15) is 0 Å². The molecule has 10 unspecified atom stereocenters. The predicted molar refractivity (Wildman–Crippen MR) is 209 cm³/mol. The second kappa shape index (κ2) is 13.9. The Bertz CT molecular complexity index is 1250. The number of rotatable bonds is 2. The minimum absolute atomic E-state index is 0. The van der Waals surface area contributed by atoms with Gasteiger partial charge in [0, 0.05) is 0 Å². The zero-order chi connectivity index (χ0) is 33.1. The van der Waals surface area contributed by atoms with Crippen molar-refractivity contribution in [3.8, 4) is 0 Å². The molecule has 0 aromatic heterocycles. The van der Waals surface area contributed by atoms with Gasteiger partial charge in [-0.05, 0) is 174 Å². The van der Waals surface area contributed by atoms with Crippen molar-refractivity contribution >= 4 is 17.0 Å². The van der Waals surface area contributed by atoms with E-state index in [0.717, 1.165) is 58.7 Å². The van der Waals surface area contributed by atoms with E-state index in [4.69, 9.17) is 17.0 Å². The fraction of sp³-hybridized carbons (Fsp3) is 0.783. The predicted octanol–water partition coefficient (Wildman–Crippen LogP) is 14.1. The van der Waals surface area contributed by atoms with Crippen molar-refractivity contribution in [1.82, 2.24) is 0 Å². The second-order valence-electron chi connectivity index (χ2n) is 21.0. The van der Waals surface area contributed by atoms with Crippen LogP contribution in [0.1, 0.15) is 126 Å². The van der Waals surface area contributed by atoms with Crippen LogP contribution in [-0.4, -0.2) is 0 Å². The fourth-order valence-electron chi connectivity index (χ4n) is 15.6. The Hall–Kier alpha value is 0.423. The maximum absolute atomic E-state index is 4.93. The van der Waals surface area contributed by atoms with Crippen molar-refractivity contribution in [3.05, 3.63) is 62.5 Å². The Balaban J connectivity index is 0.000000806. The normalized spacial score (nSPS) is 48.4. The van der Waals surface area contributed by atoms with Gasteiger partial charge in [0.2, 0.25) is 0 Å². The molecular formula is C46H70Cl2Zr. The molecule has 8 fully saturated rings. The zero-order valence-corrected chi connectivity index (χ0v) is 36.7. The van der Waals surface area contributed by atoms with E-state index in [1.54, 1.807) is 68.9 Å². The van der Waals surface area contributed by atoms with Crippen LogP contribution < -0.4 is 0 Å². The van der Waals surface area contributed by atoms with Crippen LogP contribution in [0.4, 0.5) is 0 Å². The molecule has 0 heterocycles. The van der Waals surface area contributed by atoms with Gasteiger partial charge in [-0.3, -0.25) is 0 Å². The Morgan fingerprint density at radius 2 is 1.10 bits per heavy atom. The molecule has 0 radical (unpaired) electrons.